The number of rotatable bonds is 2. The molecule has 1 aliphatic heterocycles. The van der Waals surface area contributed by atoms with Crippen molar-refractivity contribution in [1.82, 2.24) is 4.90 Å². The van der Waals surface area contributed by atoms with E-state index < -0.39 is 41.6 Å². The quantitative estimate of drug-likeness (QED) is 0.747. The molecule has 2 rings (SSSR count). The van der Waals surface area contributed by atoms with Crippen LogP contribution in [0.4, 0.5) is 4.79 Å². The van der Waals surface area contributed by atoms with Crippen LogP contribution in [0.15, 0.2) is 24.3 Å². The second-order valence-electron chi connectivity index (χ2n) is 9.18. The molecule has 1 amide bonds. The summed E-state index contributed by atoms with van der Waals surface area (Å²) in [6, 6.07) is 5.18. The number of carboxylic acids is 1. The van der Waals surface area contributed by atoms with Crippen molar-refractivity contribution < 1.29 is 24.9 Å². The summed E-state index contributed by atoms with van der Waals surface area (Å²) in [5, 5.41) is 30.5. The van der Waals surface area contributed by atoms with Gasteiger partial charge in [-0.1, -0.05) is 65.8 Å². The van der Waals surface area contributed by atoms with Crippen LogP contribution in [-0.2, 0) is 10.2 Å². The molecule has 1 heterocycles. The van der Waals surface area contributed by atoms with Crippen molar-refractivity contribution in [1.29, 1.82) is 0 Å². The predicted molar refractivity (Wildman–Crippen MR) is 98.1 cm³/mol. The van der Waals surface area contributed by atoms with Crippen LogP contribution in [0.25, 0.3) is 0 Å². The molecule has 0 aromatic heterocycles. The highest BCUT2D eigenvalue weighted by Gasteiger charge is 2.58. The van der Waals surface area contributed by atoms with Gasteiger partial charge >= 0.3 is 12.1 Å². The molecule has 6 heteroatoms. The van der Waals surface area contributed by atoms with Crippen LogP contribution in [0.2, 0.25) is 0 Å². The van der Waals surface area contributed by atoms with E-state index in [1.54, 1.807) is 6.07 Å². The largest absolute Gasteiger partial charge is 0.480 e. The Labute approximate surface area is 154 Å². The van der Waals surface area contributed by atoms with Gasteiger partial charge in [0, 0.05) is 5.92 Å². The van der Waals surface area contributed by atoms with Crippen LogP contribution in [0.3, 0.4) is 0 Å². The number of aliphatic carboxylic acids is 1. The van der Waals surface area contributed by atoms with Crippen molar-refractivity contribution in [2.24, 2.45) is 11.3 Å². The first kappa shape index (κ1) is 20.2. The average molecular weight is 363 g/mol. The Kier molecular flexibility index (Phi) is 5.12. The lowest BCUT2D eigenvalue weighted by molar-refractivity contribution is -0.145. The van der Waals surface area contributed by atoms with Crippen molar-refractivity contribution in [2.45, 2.75) is 65.1 Å². The molecule has 6 nitrogen and oxygen atoms in total. The minimum atomic E-state index is -1.34. The van der Waals surface area contributed by atoms with E-state index >= 15 is 0 Å². The Hall–Kier alpha value is -2.08. The Bertz CT molecular complexity index is 701. The molecule has 4 unspecified atom stereocenters. The molecule has 0 spiro atoms. The number of carbonyl (C=O) groups is 2. The highest BCUT2D eigenvalue weighted by molar-refractivity contribution is 5.81. The van der Waals surface area contributed by atoms with Gasteiger partial charge in [-0.3, -0.25) is 4.90 Å². The van der Waals surface area contributed by atoms with Gasteiger partial charge < -0.3 is 15.3 Å². The van der Waals surface area contributed by atoms with Crippen LogP contribution in [-0.4, -0.2) is 44.4 Å². The van der Waals surface area contributed by atoms with Gasteiger partial charge in [0.25, 0.3) is 0 Å². The highest BCUT2D eigenvalue weighted by Crippen LogP contribution is 2.48. The zero-order valence-corrected chi connectivity index (χ0v) is 16.2. The summed E-state index contributed by atoms with van der Waals surface area (Å²) in [4.78, 5) is 24.8. The maximum absolute atomic E-state index is 12.0. The zero-order valence-electron chi connectivity index (χ0n) is 16.2. The molecule has 1 saturated heterocycles. The number of amides is 1. The van der Waals surface area contributed by atoms with Gasteiger partial charge in [0.2, 0.25) is 0 Å². The maximum Gasteiger partial charge on any atom is 0.408 e. The number of carboxylic acid groups (broad SMARTS) is 2. The minimum Gasteiger partial charge on any atom is -0.480 e. The Morgan fingerprint density at radius 2 is 1.62 bits per heavy atom. The van der Waals surface area contributed by atoms with E-state index in [1.807, 2.05) is 59.7 Å². The van der Waals surface area contributed by atoms with Crippen molar-refractivity contribution in [2.75, 3.05) is 0 Å². The summed E-state index contributed by atoms with van der Waals surface area (Å²) in [5.74, 6) is -1.96. The number of likely N-dealkylation sites (tertiary alicyclic amines) is 1. The number of benzene rings is 1. The van der Waals surface area contributed by atoms with Gasteiger partial charge in [0.15, 0.2) is 0 Å². The summed E-state index contributed by atoms with van der Waals surface area (Å²) in [6.45, 7) is 11.6. The van der Waals surface area contributed by atoms with Crippen LogP contribution in [0.1, 0.15) is 58.7 Å². The van der Waals surface area contributed by atoms with Gasteiger partial charge in [-0.05, 0) is 22.0 Å². The fourth-order valence-corrected chi connectivity index (χ4v) is 3.94. The van der Waals surface area contributed by atoms with E-state index in [0.29, 0.717) is 5.56 Å². The second-order valence-corrected chi connectivity index (χ2v) is 9.18. The molecule has 1 aromatic rings. The average Bonchev–Trinajstić information content (AvgIpc) is 2.80. The summed E-state index contributed by atoms with van der Waals surface area (Å²) >= 11 is 0. The number of nitrogens with zero attached hydrogens (tertiary/aromatic N) is 1. The number of hydrogen-bond acceptors (Lipinski definition) is 3. The number of hydrogen-bond donors (Lipinski definition) is 3. The van der Waals surface area contributed by atoms with Gasteiger partial charge in [0.05, 0.1) is 12.1 Å². The molecule has 4 atom stereocenters. The third kappa shape index (κ3) is 3.56. The third-order valence-electron chi connectivity index (χ3n) is 5.20. The first-order valence-corrected chi connectivity index (χ1v) is 8.79. The van der Waals surface area contributed by atoms with Gasteiger partial charge in [-0.15, -0.1) is 0 Å². The van der Waals surface area contributed by atoms with Crippen molar-refractivity contribution in [3.63, 3.8) is 0 Å². The predicted octanol–water partition coefficient (Wildman–Crippen LogP) is 3.50. The Morgan fingerprint density at radius 1 is 1.04 bits per heavy atom. The monoisotopic (exact) mass is 363 g/mol. The van der Waals surface area contributed by atoms with Crippen molar-refractivity contribution in [3.05, 3.63) is 35.4 Å². The lowest BCUT2D eigenvalue weighted by atomic mass is 9.73. The van der Waals surface area contributed by atoms with Gasteiger partial charge in [0.1, 0.15) is 6.04 Å². The maximum atomic E-state index is 12.0. The summed E-state index contributed by atoms with van der Waals surface area (Å²) in [6.07, 6.45) is -2.45. The van der Waals surface area contributed by atoms with E-state index in [1.165, 1.54) is 0 Å². The van der Waals surface area contributed by atoms with E-state index in [0.717, 1.165) is 10.5 Å². The number of aliphatic hydroxyl groups excluding tert-OH is 1. The molecule has 0 aliphatic carbocycles. The molecule has 0 bridgehead atoms. The molecule has 0 radical (unpaired) electrons. The SMILES string of the molecule is CC(C)(C)c1cccc(C2C(O)C(C(C)(C)C)C(C(=O)O)N2C(=O)O)c1. The lowest BCUT2D eigenvalue weighted by Crippen LogP contribution is -2.46. The molecular weight excluding hydrogens is 334 g/mol. The normalized spacial score (nSPS) is 26.8. The summed E-state index contributed by atoms with van der Waals surface area (Å²) in [5.41, 5.74) is 0.888. The van der Waals surface area contributed by atoms with E-state index in [-0.39, 0.29) is 5.41 Å². The Balaban J connectivity index is 2.63. The first-order chi connectivity index (χ1) is 11.8. The molecule has 144 valence electrons. The fourth-order valence-electron chi connectivity index (χ4n) is 3.94. The van der Waals surface area contributed by atoms with Crippen LogP contribution < -0.4 is 0 Å². The van der Waals surface area contributed by atoms with E-state index in [9.17, 15) is 24.9 Å². The van der Waals surface area contributed by atoms with Crippen LogP contribution >= 0.6 is 0 Å². The first-order valence-electron chi connectivity index (χ1n) is 8.79. The van der Waals surface area contributed by atoms with E-state index in [2.05, 4.69) is 0 Å². The summed E-state index contributed by atoms with van der Waals surface area (Å²) < 4.78 is 0. The minimum absolute atomic E-state index is 0.150. The summed E-state index contributed by atoms with van der Waals surface area (Å²) in [7, 11) is 0. The van der Waals surface area contributed by atoms with Gasteiger partial charge in [-0.2, -0.15) is 0 Å². The molecule has 26 heavy (non-hydrogen) atoms. The fraction of sp³-hybridized carbons (Fsp3) is 0.600. The van der Waals surface area contributed by atoms with Gasteiger partial charge in [-0.25, -0.2) is 9.59 Å². The van der Waals surface area contributed by atoms with Crippen molar-refractivity contribution in [3.8, 4) is 0 Å². The van der Waals surface area contributed by atoms with E-state index in [4.69, 9.17) is 0 Å². The third-order valence-corrected chi connectivity index (χ3v) is 5.20. The molecule has 0 saturated carbocycles. The molecule has 1 aromatic carbocycles. The van der Waals surface area contributed by atoms with Crippen LogP contribution in [0, 0.1) is 11.3 Å². The van der Waals surface area contributed by atoms with Crippen LogP contribution in [0.5, 0.6) is 0 Å². The smallest absolute Gasteiger partial charge is 0.408 e. The Morgan fingerprint density at radius 3 is 2.04 bits per heavy atom. The molecule has 3 N–H and O–H groups in total. The lowest BCUT2D eigenvalue weighted by Gasteiger charge is -2.32. The number of aliphatic hydroxyl groups is 1. The second kappa shape index (κ2) is 6.58. The van der Waals surface area contributed by atoms with Crippen molar-refractivity contribution >= 4 is 12.1 Å². The molecule has 1 aliphatic rings. The topological polar surface area (TPSA) is 98.1 Å². The molecular formula is C20H29NO5. The molecule has 1 fully saturated rings. The highest BCUT2D eigenvalue weighted by atomic mass is 16.4. The standard InChI is InChI=1S/C20H29NO5/c1-19(2,3)12-9-7-8-11(10-12)14-16(22)13(20(4,5)6)15(17(23)24)21(14)18(25)26/h7-10,13-16,22H,1-6H3,(H,23,24)(H,25,26). The zero-order chi connectivity index (χ0) is 20.0.